The van der Waals surface area contributed by atoms with Gasteiger partial charge in [0.25, 0.3) is 5.91 Å². The first-order chi connectivity index (χ1) is 8.62. The molecule has 5 nitrogen and oxygen atoms in total. The van der Waals surface area contributed by atoms with E-state index in [1.54, 1.807) is 24.3 Å². The maximum Gasteiger partial charge on any atom is 0.329 e. The topological polar surface area (TPSA) is 58.6 Å². The van der Waals surface area contributed by atoms with Gasteiger partial charge in [0.05, 0.1) is 12.3 Å². The molecule has 0 bridgehead atoms. The van der Waals surface area contributed by atoms with Crippen LogP contribution in [0.25, 0.3) is 0 Å². The molecule has 0 saturated carbocycles. The summed E-state index contributed by atoms with van der Waals surface area (Å²) in [7, 11) is 0. The number of hydrogen-bond acceptors (Lipinski definition) is 3. The molecule has 3 rings (SSSR count). The van der Waals surface area contributed by atoms with Crippen LogP contribution in [0.3, 0.4) is 0 Å². The second-order valence-corrected chi connectivity index (χ2v) is 4.87. The van der Waals surface area contributed by atoms with E-state index in [1.807, 2.05) is 0 Å². The smallest absolute Gasteiger partial charge is 0.329 e. The summed E-state index contributed by atoms with van der Waals surface area (Å²) < 4.78 is 5.22. The third kappa shape index (κ3) is 1.59. The molecule has 18 heavy (non-hydrogen) atoms. The highest BCUT2D eigenvalue weighted by Gasteiger charge is 2.53. The van der Waals surface area contributed by atoms with Gasteiger partial charge in [-0.1, -0.05) is 11.6 Å². The molecule has 2 fully saturated rings. The summed E-state index contributed by atoms with van der Waals surface area (Å²) >= 11 is 5.79. The van der Waals surface area contributed by atoms with Crippen LogP contribution in [0.4, 0.5) is 10.5 Å². The number of anilines is 1. The standard InChI is InChI=1S/C12H11ClN2O3/c13-8-1-3-9(4-2-8)15-10(16)12(14-11(15)17)5-6-18-7-12/h1-4H,5-7H2,(H,14,17). The lowest BCUT2D eigenvalue weighted by molar-refractivity contribution is -0.122. The largest absolute Gasteiger partial charge is 0.378 e. The molecule has 2 aliphatic heterocycles. The van der Waals surface area contributed by atoms with E-state index in [4.69, 9.17) is 16.3 Å². The fourth-order valence-corrected chi connectivity index (χ4v) is 2.40. The lowest BCUT2D eigenvalue weighted by atomic mass is 9.99. The minimum atomic E-state index is -0.878. The Morgan fingerprint density at radius 3 is 2.61 bits per heavy atom. The van der Waals surface area contributed by atoms with Gasteiger partial charge >= 0.3 is 6.03 Å². The van der Waals surface area contributed by atoms with Crippen molar-refractivity contribution in [2.24, 2.45) is 0 Å². The van der Waals surface area contributed by atoms with Crippen LogP contribution < -0.4 is 10.2 Å². The number of nitrogens with one attached hydrogen (secondary N) is 1. The number of benzene rings is 1. The van der Waals surface area contributed by atoms with Crippen molar-refractivity contribution in [2.75, 3.05) is 18.1 Å². The second kappa shape index (κ2) is 3.96. The lowest BCUT2D eigenvalue weighted by Gasteiger charge is -2.18. The molecule has 2 saturated heterocycles. The van der Waals surface area contributed by atoms with Crippen LogP contribution in [-0.2, 0) is 9.53 Å². The van der Waals surface area contributed by atoms with Crippen LogP contribution in [0.2, 0.25) is 5.02 Å². The molecule has 0 aliphatic carbocycles. The summed E-state index contributed by atoms with van der Waals surface area (Å²) in [6.07, 6.45) is 0.516. The van der Waals surface area contributed by atoms with Gasteiger partial charge in [-0.15, -0.1) is 0 Å². The van der Waals surface area contributed by atoms with E-state index < -0.39 is 11.6 Å². The minimum Gasteiger partial charge on any atom is -0.378 e. The Bertz CT molecular complexity index is 509. The van der Waals surface area contributed by atoms with E-state index >= 15 is 0 Å². The van der Waals surface area contributed by atoms with Gasteiger partial charge < -0.3 is 10.1 Å². The summed E-state index contributed by atoms with van der Waals surface area (Å²) in [6, 6.07) is 6.18. The zero-order valence-electron chi connectivity index (χ0n) is 9.48. The van der Waals surface area contributed by atoms with Gasteiger partial charge in [0.2, 0.25) is 0 Å². The number of nitrogens with zero attached hydrogens (tertiary/aromatic N) is 1. The summed E-state index contributed by atoms with van der Waals surface area (Å²) in [6.45, 7) is 0.724. The van der Waals surface area contributed by atoms with E-state index in [1.165, 1.54) is 0 Å². The highest BCUT2D eigenvalue weighted by atomic mass is 35.5. The van der Waals surface area contributed by atoms with Crippen LogP contribution in [0.5, 0.6) is 0 Å². The Kier molecular flexibility index (Phi) is 2.53. The van der Waals surface area contributed by atoms with Crippen LogP contribution in [-0.4, -0.2) is 30.7 Å². The quantitative estimate of drug-likeness (QED) is 0.785. The van der Waals surface area contributed by atoms with Crippen LogP contribution in [0, 0.1) is 0 Å². The zero-order chi connectivity index (χ0) is 12.8. The van der Waals surface area contributed by atoms with Crippen LogP contribution >= 0.6 is 11.6 Å². The third-order valence-corrected chi connectivity index (χ3v) is 3.52. The summed E-state index contributed by atoms with van der Waals surface area (Å²) in [5, 5.41) is 3.28. The molecule has 1 aromatic carbocycles. The van der Waals surface area contributed by atoms with Crippen molar-refractivity contribution in [1.29, 1.82) is 0 Å². The molecule has 2 heterocycles. The number of imide groups is 1. The fourth-order valence-electron chi connectivity index (χ4n) is 2.28. The summed E-state index contributed by atoms with van der Waals surface area (Å²) in [5.41, 5.74) is -0.359. The van der Waals surface area contributed by atoms with Crippen molar-refractivity contribution in [3.63, 3.8) is 0 Å². The molecule has 1 aromatic rings. The van der Waals surface area contributed by atoms with E-state index in [0.29, 0.717) is 23.7 Å². The van der Waals surface area contributed by atoms with Crippen LogP contribution in [0.15, 0.2) is 24.3 Å². The Hall–Kier alpha value is -1.59. The van der Waals surface area contributed by atoms with E-state index in [0.717, 1.165) is 4.90 Å². The maximum absolute atomic E-state index is 12.4. The first-order valence-corrected chi connectivity index (χ1v) is 6.00. The fraction of sp³-hybridized carbons (Fsp3) is 0.333. The van der Waals surface area contributed by atoms with Crippen molar-refractivity contribution in [1.82, 2.24) is 5.32 Å². The van der Waals surface area contributed by atoms with Gasteiger partial charge in [-0.2, -0.15) is 0 Å². The highest BCUT2D eigenvalue weighted by molar-refractivity contribution is 6.31. The zero-order valence-corrected chi connectivity index (χ0v) is 10.2. The molecule has 1 N–H and O–H groups in total. The Labute approximate surface area is 109 Å². The Morgan fingerprint density at radius 1 is 1.28 bits per heavy atom. The second-order valence-electron chi connectivity index (χ2n) is 4.43. The molecule has 3 amide bonds. The molecule has 2 aliphatic rings. The SMILES string of the molecule is O=C1NC2(CCOC2)C(=O)N1c1ccc(Cl)cc1. The van der Waals surface area contributed by atoms with E-state index in [-0.39, 0.29) is 12.5 Å². The van der Waals surface area contributed by atoms with Gasteiger partial charge in [-0.05, 0) is 24.3 Å². The monoisotopic (exact) mass is 266 g/mol. The number of amides is 3. The van der Waals surface area contributed by atoms with Crippen molar-refractivity contribution < 1.29 is 14.3 Å². The predicted molar refractivity (Wildman–Crippen MR) is 65.6 cm³/mol. The summed E-state index contributed by atoms with van der Waals surface area (Å²) in [5.74, 6) is -0.257. The highest BCUT2D eigenvalue weighted by Crippen LogP contribution is 2.30. The first kappa shape index (κ1) is 11.5. The molecule has 1 atom stereocenters. The number of ether oxygens (including phenoxy) is 1. The molecular weight excluding hydrogens is 256 g/mol. The van der Waals surface area contributed by atoms with Gasteiger partial charge in [0.1, 0.15) is 5.54 Å². The van der Waals surface area contributed by atoms with Crippen molar-refractivity contribution in [3.05, 3.63) is 29.3 Å². The van der Waals surface area contributed by atoms with Crippen molar-refractivity contribution in [2.45, 2.75) is 12.0 Å². The molecule has 1 spiro atoms. The Balaban J connectivity index is 1.95. The predicted octanol–water partition coefficient (Wildman–Crippen LogP) is 1.56. The first-order valence-electron chi connectivity index (χ1n) is 5.62. The molecule has 0 radical (unpaired) electrons. The van der Waals surface area contributed by atoms with Gasteiger partial charge in [-0.3, -0.25) is 4.79 Å². The number of carbonyl (C=O) groups excluding carboxylic acids is 2. The lowest BCUT2D eigenvalue weighted by Crippen LogP contribution is -2.47. The molecule has 0 aromatic heterocycles. The summed E-state index contributed by atoms with van der Waals surface area (Å²) in [4.78, 5) is 25.4. The van der Waals surface area contributed by atoms with Gasteiger partial charge in [0, 0.05) is 18.1 Å². The third-order valence-electron chi connectivity index (χ3n) is 3.27. The van der Waals surface area contributed by atoms with Crippen molar-refractivity contribution >= 4 is 29.2 Å². The van der Waals surface area contributed by atoms with Gasteiger partial charge in [-0.25, -0.2) is 9.69 Å². The Morgan fingerprint density at radius 2 is 2.00 bits per heavy atom. The molecule has 6 heteroatoms. The maximum atomic E-state index is 12.4. The number of halogens is 1. The number of urea groups is 1. The number of carbonyl (C=O) groups is 2. The van der Waals surface area contributed by atoms with Crippen LogP contribution in [0.1, 0.15) is 6.42 Å². The molecule has 1 unspecified atom stereocenters. The van der Waals surface area contributed by atoms with E-state index in [9.17, 15) is 9.59 Å². The number of rotatable bonds is 1. The average Bonchev–Trinajstić information content (AvgIpc) is 2.89. The van der Waals surface area contributed by atoms with Gasteiger partial charge in [0.15, 0.2) is 0 Å². The minimum absolute atomic E-state index is 0.238. The average molecular weight is 267 g/mol. The normalized spacial score (nSPS) is 27.1. The molecular formula is C12H11ClN2O3. The molecule has 94 valence electrons. The number of hydrogen-bond donors (Lipinski definition) is 1. The van der Waals surface area contributed by atoms with Crippen molar-refractivity contribution in [3.8, 4) is 0 Å². The van der Waals surface area contributed by atoms with E-state index in [2.05, 4.69) is 5.32 Å².